The van der Waals surface area contributed by atoms with Crippen molar-refractivity contribution in [2.24, 2.45) is 0 Å². The summed E-state index contributed by atoms with van der Waals surface area (Å²) < 4.78 is 26.6. The molecule has 7 heteroatoms. The van der Waals surface area contributed by atoms with E-state index in [-0.39, 0.29) is 4.90 Å². The molecule has 16 heavy (non-hydrogen) atoms. The summed E-state index contributed by atoms with van der Waals surface area (Å²) in [6, 6.07) is 0. The number of nitrogens with zero attached hydrogens (tertiary/aromatic N) is 1. The number of alkyl halides is 1. The summed E-state index contributed by atoms with van der Waals surface area (Å²) in [7, 11) is -3.47. The Morgan fingerprint density at radius 3 is 2.75 bits per heavy atom. The first-order valence-electron chi connectivity index (χ1n) is 5.02. The first-order valence-corrected chi connectivity index (χ1v) is 7.63. The molecule has 0 radical (unpaired) electrons. The molecule has 1 atom stereocenters. The molecule has 0 aliphatic rings. The van der Waals surface area contributed by atoms with Crippen LogP contribution in [0, 0.1) is 0 Å². The van der Waals surface area contributed by atoms with Gasteiger partial charge >= 0.3 is 0 Å². The van der Waals surface area contributed by atoms with Crippen molar-refractivity contribution in [3.63, 3.8) is 0 Å². The Labute approximate surface area is 104 Å². The zero-order valence-electron chi connectivity index (χ0n) is 9.33. The van der Waals surface area contributed by atoms with Gasteiger partial charge in [-0.15, -0.1) is 0 Å². The number of nitrogens with one attached hydrogen (secondary N) is 2. The lowest BCUT2D eigenvalue weighted by Gasteiger charge is -2.28. The molecule has 0 saturated heterocycles. The SMILES string of the molecule is CCC(C)(CCBr)NS(=O)(=O)c1cn[nH]c1. The van der Waals surface area contributed by atoms with Gasteiger partial charge < -0.3 is 0 Å². The third-order valence-electron chi connectivity index (χ3n) is 2.59. The normalized spacial score (nSPS) is 15.9. The molecule has 0 amide bonds. The molecule has 1 heterocycles. The average Bonchev–Trinajstić information content (AvgIpc) is 2.70. The van der Waals surface area contributed by atoms with Crippen LogP contribution >= 0.6 is 15.9 Å². The number of aromatic nitrogens is 2. The minimum atomic E-state index is -3.47. The Kier molecular flexibility index (Phi) is 4.52. The highest BCUT2D eigenvalue weighted by Gasteiger charge is 2.28. The van der Waals surface area contributed by atoms with Crippen LogP contribution in [0.4, 0.5) is 0 Å². The van der Waals surface area contributed by atoms with E-state index in [4.69, 9.17) is 0 Å². The lowest BCUT2D eigenvalue weighted by atomic mass is 9.98. The quantitative estimate of drug-likeness (QED) is 0.784. The molecule has 1 unspecified atom stereocenters. The van der Waals surface area contributed by atoms with Crippen molar-refractivity contribution < 1.29 is 8.42 Å². The average molecular weight is 310 g/mol. The van der Waals surface area contributed by atoms with Gasteiger partial charge in [0.1, 0.15) is 4.90 Å². The van der Waals surface area contributed by atoms with E-state index in [0.29, 0.717) is 0 Å². The van der Waals surface area contributed by atoms with E-state index in [1.165, 1.54) is 12.4 Å². The summed E-state index contributed by atoms with van der Waals surface area (Å²) in [4.78, 5) is 0.168. The minimum Gasteiger partial charge on any atom is -0.284 e. The highest BCUT2D eigenvalue weighted by molar-refractivity contribution is 9.09. The Hall–Kier alpha value is -0.400. The Morgan fingerprint density at radius 1 is 1.62 bits per heavy atom. The molecule has 0 aromatic carbocycles. The second kappa shape index (κ2) is 5.29. The standard InChI is InChI=1S/C9H16BrN3O2S/c1-3-9(2,4-5-10)13-16(14,15)8-6-11-12-7-8/h6-7,13H,3-5H2,1-2H3,(H,11,12). The van der Waals surface area contributed by atoms with E-state index in [1.807, 2.05) is 13.8 Å². The topological polar surface area (TPSA) is 74.8 Å². The van der Waals surface area contributed by atoms with Gasteiger partial charge in [0.25, 0.3) is 0 Å². The van der Waals surface area contributed by atoms with Crippen molar-refractivity contribution in [2.75, 3.05) is 5.33 Å². The summed E-state index contributed by atoms with van der Waals surface area (Å²) in [5, 5.41) is 6.89. The van der Waals surface area contributed by atoms with E-state index in [1.54, 1.807) is 0 Å². The molecular formula is C9H16BrN3O2S. The number of aromatic amines is 1. The number of rotatable bonds is 6. The van der Waals surface area contributed by atoms with Gasteiger partial charge in [0.05, 0.1) is 6.20 Å². The summed E-state index contributed by atoms with van der Waals surface area (Å²) >= 11 is 3.33. The third-order valence-corrected chi connectivity index (χ3v) is 4.59. The fraction of sp³-hybridized carbons (Fsp3) is 0.667. The molecule has 0 fully saturated rings. The van der Waals surface area contributed by atoms with Crippen LogP contribution in [-0.2, 0) is 10.0 Å². The lowest BCUT2D eigenvalue weighted by Crippen LogP contribution is -2.45. The molecule has 0 saturated carbocycles. The maximum absolute atomic E-state index is 12.0. The van der Waals surface area contributed by atoms with Crippen molar-refractivity contribution in [3.05, 3.63) is 12.4 Å². The highest BCUT2D eigenvalue weighted by atomic mass is 79.9. The molecule has 0 aliphatic heterocycles. The summed E-state index contributed by atoms with van der Waals surface area (Å²) in [5.74, 6) is 0. The van der Waals surface area contributed by atoms with Crippen LogP contribution in [0.3, 0.4) is 0 Å². The second-order valence-corrected chi connectivity index (χ2v) is 6.37. The summed E-state index contributed by atoms with van der Waals surface area (Å²) in [5.41, 5.74) is -0.431. The van der Waals surface area contributed by atoms with Crippen molar-refractivity contribution >= 4 is 26.0 Å². The van der Waals surface area contributed by atoms with Crippen LogP contribution < -0.4 is 4.72 Å². The minimum absolute atomic E-state index is 0.168. The van der Waals surface area contributed by atoms with Crippen LogP contribution in [0.25, 0.3) is 0 Å². The third kappa shape index (κ3) is 3.29. The predicted octanol–water partition coefficient (Wildman–Crippen LogP) is 1.64. The van der Waals surface area contributed by atoms with Gasteiger partial charge in [0.2, 0.25) is 10.0 Å². The van der Waals surface area contributed by atoms with Gasteiger partial charge in [-0.05, 0) is 19.8 Å². The number of sulfonamides is 1. The Morgan fingerprint density at radius 2 is 2.31 bits per heavy atom. The van der Waals surface area contributed by atoms with Crippen LogP contribution in [0.2, 0.25) is 0 Å². The lowest BCUT2D eigenvalue weighted by molar-refractivity contribution is 0.392. The molecule has 2 N–H and O–H groups in total. The zero-order valence-corrected chi connectivity index (χ0v) is 11.7. The predicted molar refractivity (Wildman–Crippen MR) is 66.0 cm³/mol. The monoisotopic (exact) mass is 309 g/mol. The van der Waals surface area contributed by atoms with E-state index in [9.17, 15) is 8.42 Å². The van der Waals surface area contributed by atoms with Crippen LogP contribution in [0.15, 0.2) is 17.3 Å². The van der Waals surface area contributed by atoms with Crippen molar-refractivity contribution in [1.82, 2.24) is 14.9 Å². The van der Waals surface area contributed by atoms with Crippen molar-refractivity contribution in [1.29, 1.82) is 0 Å². The van der Waals surface area contributed by atoms with E-state index < -0.39 is 15.6 Å². The molecule has 5 nitrogen and oxygen atoms in total. The second-order valence-electron chi connectivity index (χ2n) is 3.89. The highest BCUT2D eigenvalue weighted by Crippen LogP contribution is 2.19. The molecule has 0 bridgehead atoms. The molecule has 0 aliphatic carbocycles. The van der Waals surface area contributed by atoms with E-state index in [2.05, 4.69) is 30.8 Å². The van der Waals surface area contributed by atoms with Crippen molar-refractivity contribution in [2.45, 2.75) is 37.1 Å². The number of halogens is 1. The Bertz CT molecular complexity index is 418. The van der Waals surface area contributed by atoms with Gasteiger partial charge in [-0.2, -0.15) is 5.10 Å². The molecule has 1 aromatic rings. The first kappa shape index (κ1) is 13.7. The molecule has 0 spiro atoms. The molecule has 1 aromatic heterocycles. The fourth-order valence-electron chi connectivity index (χ4n) is 1.28. The summed E-state index contributed by atoms with van der Waals surface area (Å²) in [6.45, 7) is 3.85. The smallest absolute Gasteiger partial charge is 0.244 e. The number of hydrogen-bond donors (Lipinski definition) is 2. The van der Waals surface area contributed by atoms with Crippen molar-refractivity contribution in [3.8, 4) is 0 Å². The fourth-order valence-corrected chi connectivity index (χ4v) is 3.57. The maximum atomic E-state index is 12.0. The van der Waals surface area contributed by atoms with Gasteiger partial charge in [0.15, 0.2) is 0 Å². The van der Waals surface area contributed by atoms with Crippen LogP contribution in [-0.4, -0.2) is 29.5 Å². The van der Waals surface area contributed by atoms with E-state index in [0.717, 1.165) is 18.2 Å². The van der Waals surface area contributed by atoms with Gasteiger partial charge in [-0.3, -0.25) is 5.10 Å². The van der Waals surface area contributed by atoms with Crippen LogP contribution in [0.5, 0.6) is 0 Å². The van der Waals surface area contributed by atoms with Gasteiger partial charge in [-0.25, -0.2) is 13.1 Å². The van der Waals surface area contributed by atoms with Crippen LogP contribution in [0.1, 0.15) is 26.7 Å². The Balaban J connectivity index is 2.87. The maximum Gasteiger partial charge on any atom is 0.244 e. The van der Waals surface area contributed by atoms with Gasteiger partial charge in [0, 0.05) is 17.1 Å². The number of H-pyrrole nitrogens is 1. The molecular weight excluding hydrogens is 294 g/mol. The molecule has 92 valence electrons. The summed E-state index contributed by atoms with van der Waals surface area (Å²) in [6.07, 6.45) is 4.13. The van der Waals surface area contributed by atoms with Gasteiger partial charge in [-0.1, -0.05) is 22.9 Å². The largest absolute Gasteiger partial charge is 0.284 e. The van der Waals surface area contributed by atoms with E-state index >= 15 is 0 Å². The number of hydrogen-bond acceptors (Lipinski definition) is 3. The molecule has 1 rings (SSSR count). The zero-order chi connectivity index (χ0) is 12.2. The first-order chi connectivity index (χ1) is 7.43.